The second-order valence-electron chi connectivity index (χ2n) is 6.42. The number of carbonyl (C=O) groups is 1. The molecule has 0 atom stereocenters. The van der Waals surface area contributed by atoms with Crippen LogP contribution in [0, 0.1) is 0 Å². The lowest BCUT2D eigenvalue weighted by atomic mass is 10.1. The lowest BCUT2D eigenvalue weighted by molar-refractivity contribution is -0.137. The van der Waals surface area contributed by atoms with Crippen molar-refractivity contribution in [1.82, 2.24) is 5.32 Å². The molecule has 152 valence electrons. The zero-order chi connectivity index (χ0) is 21.1. The molecule has 2 heterocycles. The third-order valence-corrected chi connectivity index (χ3v) is 4.31. The summed E-state index contributed by atoms with van der Waals surface area (Å²) in [6.07, 6.45) is -3.02. The molecule has 0 radical (unpaired) electrons. The fourth-order valence-corrected chi connectivity index (χ4v) is 2.86. The summed E-state index contributed by atoms with van der Waals surface area (Å²) < 4.78 is 50.0. The van der Waals surface area contributed by atoms with E-state index in [-0.39, 0.29) is 23.3 Å². The summed E-state index contributed by atoms with van der Waals surface area (Å²) in [6, 6.07) is 16.5. The van der Waals surface area contributed by atoms with Gasteiger partial charge < -0.3 is 14.2 Å². The van der Waals surface area contributed by atoms with Crippen LogP contribution in [0.3, 0.4) is 0 Å². The number of furan rings is 1. The number of carbonyl (C=O) groups excluding carboxylic acids is 1. The lowest BCUT2D eigenvalue weighted by Crippen LogP contribution is -2.28. The number of halogens is 3. The van der Waals surface area contributed by atoms with Crippen LogP contribution in [0.1, 0.15) is 21.7 Å². The minimum atomic E-state index is -4.50. The third kappa shape index (κ3) is 4.27. The van der Waals surface area contributed by atoms with Gasteiger partial charge in [0.25, 0.3) is 5.91 Å². The summed E-state index contributed by atoms with van der Waals surface area (Å²) in [6.45, 7) is 0.141. The van der Waals surface area contributed by atoms with Crippen LogP contribution < -0.4 is 10.9 Å². The Balaban J connectivity index is 1.78. The second-order valence-corrected chi connectivity index (χ2v) is 6.42. The van der Waals surface area contributed by atoms with Crippen LogP contribution >= 0.6 is 0 Å². The summed E-state index contributed by atoms with van der Waals surface area (Å²) >= 11 is 0. The van der Waals surface area contributed by atoms with E-state index >= 15 is 0 Å². The van der Waals surface area contributed by atoms with E-state index in [1.165, 1.54) is 18.4 Å². The smallest absolute Gasteiger partial charge is 0.416 e. The van der Waals surface area contributed by atoms with E-state index in [1.807, 2.05) is 0 Å². The Morgan fingerprint density at radius 1 is 1.00 bits per heavy atom. The number of fused-ring (bicyclic) bond motifs is 1. The molecule has 8 heteroatoms. The Morgan fingerprint density at radius 3 is 2.60 bits per heavy atom. The number of nitrogens with one attached hydrogen (secondary N) is 1. The van der Waals surface area contributed by atoms with E-state index in [0.29, 0.717) is 16.7 Å². The molecule has 4 rings (SSSR count). The highest BCUT2D eigenvalue weighted by atomic mass is 19.4. The predicted octanol–water partition coefficient (Wildman–Crippen LogP) is 5.21. The predicted molar refractivity (Wildman–Crippen MR) is 103 cm³/mol. The summed E-state index contributed by atoms with van der Waals surface area (Å²) in [4.78, 5) is 16.9. The summed E-state index contributed by atoms with van der Waals surface area (Å²) in [5, 5.41) is 3.35. The first-order chi connectivity index (χ1) is 14.4. The molecule has 0 saturated carbocycles. The molecule has 0 saturated heterocycles. The number of nitrogens with zero attached hydrogens (tertiary/aromatic N) is 1. The van der Waals surface area contributed by atoms with Gasteiger partial charge in [-0.2, -0.15) is 13.2 Å². The zero-order valence-electron chi connectivity index (χ0n) is 15.4. The van der Waals surface area contributed by atoms with Gasteiger partial charge in [-0.25, -0.2) is 4.99 Å². The maximum atomic E-state index is 13.0. The summed E-state index contributed by atoms with van der Waals surface area (Å²) in [5.74, 6) is 0.0593. The van der Waals surface area contributed by atoms with Crippen molar-refractivity contribution in [1.29, 1.82) is 0 Å². The van der Waals surface area contributed by atoms with Crippen molar-refractivity contribution < 1.29 is 26.8 Å². The van der Waals surface area contributed by atoms with Crippen LogP contribution in [0.2, 0.25) is 0 Å². The van der Waals surface area contributed by atoms with Crippen molar-refractivity contribution in [2.75, 3.05) is 0 Å². The highest BCUT2D eigenvalue weighted by Gasteiger charge is 2.30. The van der Waals surface area contributed by atoms with Gasteiger partial charge in [0.05, 0.1) is 24.1 Å². The topological polar surface area (TPSA) is 67.7 Å². The largest absolute Gasteiger partial charge is 0.467 e. The molecule has 2 aromatic heterocycles. The van der Waals surface area contributed by atoms with E-state index in [1.54, 1.807) is 42.5 Å². The highest BCUT2D eigenvalue weighted by Crippen LogP contribution is 2.31. The second kappa shape index (κ2) is 7.90. The molecule has 0 aliphatic rings. The first-order valence-electron chi connectivity index (χ1n) is 8.95. The lowest BCUT2D eigenvalue weighted by Gasteiger charge is -2.08. The van der Waals surface area contributed by atoms with Gasteiger partial charge in [-0.15, -0.1) is 0 Å². The molecular weight excluding hydrogens is 397 g/mol. The Labute approximate surface area is 168 Å². The monoisotopic (exact) mass is 412 g/mol. The van der Waals surface area contributed by atoms with E-state index in [2.05, 4.69) is 10.3 Å². The highest BCUT2D eigenvalue weighted by molar-refractivity contribution is 5.96. The normalized spacial score (nSPS) is 12.3. The van der Waals surface area contributed by atoms with Crippen LogP contribution in [-0.4, -0.2) is 5.91 Å². The van der Waals surface area contributed by atoms with Gasteiger partial charge in [0.1, 0.15) is 16.9 Å². The average molecular weight is 412 g/mol. The fraction of sp³-hybridized carbons (Fsp3) is 0.0909. The summed E-state index contributed by atoms with van der Waals surface area (Å²) in [5.41, 5.74) is -0.370. The molecule has 0 aliphatic heterocycles. The average Bonchev–Trinajstić information content (AvgIpc) is 3.25. The minimum absolute atomic E-state index is 0.0175. The first kappa shape index (κ1) is 19.5. The van der Waals surface area contributed by atoms with Crippen molar-refractivity contribution in [2.24, 2.45) is 4.99 Å². The fourth-order valence-electron chi connectivity index (χ4n) is 2.86. The Hall–Kier alpha value is -3.81. The van der Waals surface area contributed by atoms with Gasteiger partial charge in [-0.1, -0.05) is 24.3 Å². The summed E-state index contributed by atoms with van der Waals surface area (Å²) in [7, 11) is 0. The van der Waals surface area contributed by atoms with Gasteiger partial charge in [-0.05, 0) is 42.5 Å². The minimum Gasteiger partial charge on any atom is -0.467 e. The molecule has 4 aromatic rings. The van der Waals surface area contributed by atoms with Crippen LogP contribution in [-0.2, 0) is 12.7 Å². The van der Waals surface area contributed by atoms with Crippen molar-refractivity contribution in [3.05, 3.63) is 95.4 Å². The van der Waals surface area contributed by atoms with Crippen molar-refractivity contribution in [2.45, 2.75) is 12.7 Å². The quantitative estimate of drug-likeness (QED) is 0.501. The molecule has 5 nitrogen and oxygen atoms in total. The molecule has 0 aliphatic carbocycles. The van der Waals surface area contributed by atoms with Gasteiger partial charge in [0, 0.05) is 5.39 Å². The number of para-hydroxylation sites is 1. The Morgan fingerprint density at radius 2 is 1.83 bits per heavy atom. The van der Waals surface area contributed by atoms with Gasteiger partial charge >= 0.3 is 6.18 Å². The van der Waals surface area contributed by atoms with Gasteiger partial charge in [0.2, 0.25) is 5.55 Å². The van der Waals surface area contributed by atoms with E-state index in [4.69, 9.17) is 8.83 Å². The standard InChI is InChI=1S/C22H15F3N2O3/c23-22(24,25)15-6-3-7-16(12-15)27-21-18(11-14-5-1-2-9-19(14)30-21)20(28)26-13-17-8-4-10-29-17/h1-12H,13H2,(H,26,28). The number of alkyl halides is 3. The molecule has 1 amide bonds. The van der Waals surface area contributed by atoms with E-state index in [9.17, 15) is 18.0 Å². The van der Waals surface area contributed by atoms with Gasteiger partial charge in [-0.3, -0.25) is 4.79 Å². The zero-order valence-corrected chi connectivity index (χ0v) is 15.4. The molecule has 0 bridgehead atoms. The number of benzene rings is 2. The first-order valence-corrected chi connectivity index (χ1v) is 8.95. The van der Waals surface area contributed by atoms with Crippen LogP contribution in [0.4, 0.5) is 18.9 Å². The number of hydrogen-bond donors (Lipinski definition) is 1. The van der Waals surface area contributed by atoms with Crippen LogP contribution in [0.25, 0.3) is 11.0 Å². The Bertz CT molecular complexity index is 1260. The third-order valence-electron chi connectivity index (χ3n) is 4.31. The van der Waals surface area contributed by atoms with Crippen molar-refractivity contribution >= 4 is 22.6 Å². The maximum absolute atomic E-state index is 13.0. The van der Waals surface area contributed by atoms with Crippen molar-refractivity contribution in [3.63, 3.8) is 0 Å². The molecule has 30 heavy (non-hydrogen) atoms. The number of amides is 1. The van der Waals surface area contributed by atoms with E-state index < -0.39 is 17.6 Å². The Kier molecular flexibility index (Phi) is 5.14. The number of hydrogen-bond acceptors (Lipinski definition) is 4. The molecular formula is C22H15F3N2O3. The SMILES string of the molecule is O=C(NCc1ccco1)c1cc2ccccc2oc1=Nc1cccc(C(F)(F)F)c1. The van der Waals surface area contributed by atoms with Crippen LogP contribution in [0.15, 0.2) is 86.8 Å². The van der Waals surface area contributed by atoms with Crippen LogP contribution in [0.5, 0.6) is 0 Å². The van der Waals surface area contributed by atoms with Crippen molar-refractivity contribution in [3.8, 4) is 0 Å². The molecule has 0 unspecified atom stereocenters. The molecule has 2 aromatic carbocycles. The number of rotatable bonds is 4. The molecule has 1 N–H and O–H groups in total. The van der Waals surface area contributed by atoms with Gasteiger partial charge in [0.15, 0.2) is 0 Å². The maximum Gasteiger partial charge on any atom is 0.416 e. The molecule has 0 fully saturated rings. The van der Waals surface area contributed by atoms with E-state index in [0.717, 1.165) is 12.1 Å². The molecule has 0 spiro atoms.